The van der Waals surface area contributed by atoms with E-state index >= 15 is 0 Å². The van der Waals surface area contributed by atoms with Crippen molar-refractivity contribution >= 4 is 38.5 Å². The first-order valence-electron chi connectivity index (χ1n) is 3.98. The first kappa shape index (κ1) is 12.7. The van der Waals surface area contributed by atoms with Crippen LogP contribution < -0.4 is 21.5 Å². The second kappa shape index (κ2) is 6.28. The van der Waals surface area contributed by atoms with Gasteiger partial charge in [-0.15, -0.1) is 0 Å². The predicted molar refractivity (Wildman–Crippen MR) is 58.9 cm³/mol. The Morgan fingerprint density at radius 1 is 1.71 bits per heavy atom. The maximum atomic E-state index is 3.25. The number of hydrogen-bond donors (Lipinski definition) is 1. The maximum absolute atomic E-state index is 3.25. The molecule has 0 fully saturated rings. The summed E-state index contributed by atoms with van der Waals surface area (Å²) in [4.78, 5) is 5.56. The zero-order valence-electron chi connectivity index (χ0n) is 7.64. The molecule has 78 valence electrons. The number of halogens is 1. The van der Waals surface area contributed by atoms with Crippen molar-refractivity contribution in [3.63, 3.8) is 0 Å². The van der Waals surface area contributed by atoms with Gasteiger partial charge in [0.25, 0.3) is 0 Å². The number of hydrogen-bond acceptors (Lipinski definition) is 2. The largest absolute Gasteiger partial charge is 1.00 e. The third-order valence-electron chi connectivity index (χ3n) is 1.68. The number of nitrogens with one attached hydrogen (secondary N) is 1. The van der Waals surface area contributed by atoms with E-state index in [9.17, 15) is 0 Å². The summed E-state index contributed by atoms with van der Waals surface area (Å²) in [5.41, 5.74) is 0. The van der Waals surface area contributed by atoms with Crippen LogP contribution in [0.4, 0.5) is 0 Å². The number of H-pyrrole nitrogens is 1. The molecule has 0 bridgehead atoms. The van der Waals surface area contributed by atoms with Crippen molar-refractivity contribution in [2.45, 2.75) is 15.1 Å². The summed E-state index contributed by atoms with van der Waals surface area (Å²) in [7, 11) is 2.08. The molecule has 1 aliphatic heterocycles. The molecule has 1 atom stereocenters. The fraction of sp³-hybridized carbons (Fsp3) is 0.375. The minimum Gasteiger partial charge on any atom is -1.00 e. The first-order valence-corrected chi connectivity index (χ1v) is 8.00. The summed E-state index contributed by atoms with van der Waals surface area (Å²) in [5, 5.41) is 4.82. The normalized spacial score (nSPS) is 20.5. The summed E-state index contributed by atoms with van der Waals surface area (Å²) in [5.74, 6) is 0. The molecule has 1 N–H and O–H groups in total. The van der Waals surface area contributed by atoms with Gasteiger partial charge in [0.15, 0.2) is 0 Å². The molecule has 0 spiro atoms. The Balaban J connectivity index is 0.000000980. The van der Waals surface area contributed by atoms with Crippen molar-refractivity contribution in [3.8, 4) is 0 Å². The van der Waals surface area contributed by atoms with Gasteiger partial charge in [0.05, 0.1) is 0 Å². The van der Waals surface area contributed by atoms with Crippen LogP contribution >= 0.6 is 23.5 Å². The van der Waals surface area contributed by atoms with Crippen molar-refractivity contribution in [1.29, 1.82) is 0 Å². The first-order chi connectivity index (χ1) is 6.36. The van der Waals surface area contributed by atoms with Crippen LogP contribution in [0.3, 0.4) is 0 Å². The predicted octanol–water partition coefficient (Wildman–Crippen LogP) is -1.40. The number of aromatic nitrogens is 2. The Morgan fingerprint density at radius 3 is 3.14 bits per heavy atom. The second-order valence-corrected chi connectivity index (χ2v) is 7.24. The molecule has 0 amide bonds. The van der Waals surface area contributed by atoms with E-state index in [2.05, 4.69) is 33.2 Å². The Bertz CT molecular complexity index is 316. The van der Waals surface area contributed by atoms with Gasteiger partial charge in [-0.05, 0) is 0 Å². The number of imidazole rings is 1. The van der Waals surface area contributed by atoms with Crippen molar-refractivity contribution in [2.24, 2.45) is 7.05 Å². The molecule has 2 heterocycles. The number of rotatable bonds is 2. The van der Waals surface area contributed by atoms with Crippen molar-refractivity contribution in [3.05, 3.63) is 22.8 Å². The summed E-state index contributed by atoms with van der Waals surface area (Å²) in [6.45, 7) is 0. The van der Waals surface area contributed by atoms with Crippen LogP contribution in [0.2, 0.25) is 5.32 Å². The van der Waals surface area contributed by atoms with Crippen LogP contribution in [0.25, 0.3) is 0 Å². The van der Waals surface area contributed by atoms with E-state index in [0.717, 1.165) is 0 Å². The monoisotopic (exact) mass is 358 g/mol. The molecule has 1 aromatic rings. The van der Waals surface area contributed by atoms with Crippen LogP contribution in [0.1, 0.15) is 0 Å². The SMILES string of the molecule is C[n+]1cc[nH]c1SC1C[Se]C=CS1.[Br-]. The number of nitrogens with zero attached hydrogens (tertiary/aromatic N) is 1. The second-order valence-electron chi connectivity index (χ2n) is 2.67. The van der Waals surface area contributed by atoms with Gasteiger partial charge in [-0.1, -0.05) is 0 Å². The molecule has 6 heteroatoms. The van der Waals surface area contributed by atoms with Gasteiger partial charge in [0.2, 0.25) is 0 Å². The molecule has 0 radical (unpaired) electrons. The van der Waals surface area contributed by atoms with Crippen LogP contribution in [0.15, 0.2) is 27.9 Å². The summed E-state index contributed by atoms with van der Waals surface area (Å²) < 4.78 is 2.84. The topological polar surface area (TPSA) is 19.7 Å². The number of aromatic amines is 1. The quantitative estimate of drug-likeness (QED) is 0.519. The average molecular weight is 358 g/mol. The molecule has 2 nitrogen and oxygen atoms in total. The smallest absolute Gasteiger partial charge is 1.00 e. The Hall–Kier alpha value is 0.649. The average Bonchev–Trinajstić information content (AvgIpc) is 2.54. The Labute approximate surface area is 109 Å². The molecular weight excluding hydrogens is 347 g/mol. The minimum absolute atomic E-state index is 0. The minimum atomic E-state index is 0. The molecule has 1 aliphatic rings. The number of aryl methyl sites for hydroxylation is 1. The van der Waals surface area contributed by atoms with Gasteiger partial charge in [-0.3, -0.25) is 0 Å². The van der Waals surface area contributed by atoms with E-state index in [1.54, 1.807) is 0 Å². The zero-order valence-corrected chi connectivity index (χ0v) is 12.6. The van der Waals surface area contributed by atoms with Crippen LogP contribution in [-0.2, 0) is 7.05 Å². The zero-order chi connectivity index (χ0) is 9.10. The van der Waals surface area contributed by atoms with Crippen molar-refractivity contribution in [2.75, 3.05) is 0 Å². The number of thioether (sulfide) groups is 2. The van der Waals surface area contributed by atoms with Crippen LogP contribution in [0, 0.1) is 0 Å². The third-order valence-corrected chi connectivity index (χ3v) is 7.26. The molecule has 0 aromatic carbocycles. The molecule has 0 saturated heterocycles. The summed E-state index contributed by atoms with van der Waals surface area (Å²) in [6, 6.07) is 0. The molecule has 0 aliphatic carbocycles. The van der Waals surface area contributed by atoms with E-state index in [-0.39, 0.29) is 17.0 Å². The van der Waals surface area contributed by atoms with Crippen LogP contribution in [0.5, 0.6) is 0 Å². The van der Waals surface area contributed by atoms with Gasteiger partial charge in [0.1, 0.15) is 0 Å². The third kappa shape index (κ3) is 3.35. The van der Waals surface area contributed by atoms with Gasteiger partial charge in [0, 0.05) is 0 Å². The molecule has 1 aromatic heterocycles. The van der Waals surface area contributed by atoms with Crippen LogP contribution in [-0.4, -0.2) is 24.5 Å². The fourth-order valence-electron chi connectivity index (χ4n) is 1.03. The summed E-state index contributed by atoms with van der Waals surface area (Å²) >= 11 is 4.58. The van der Waals surface area contributed by atoms with E-state index in [0.29, 0.717) is 19.5 Å². The fourth-order valence-corrected chi connectivity index (χ4v) is 5.99. The molecule has 0 saturated carbocycles. The molecule has 2 rings (SSSR count). The standard InChI is InChI=1S/C8H10N2S2Se.BrH/c1-10-3-2-9-8(10)12-7-6-13-5-4-11-7;/h2-5,7H,6H2,1H3;1H. The van der Waals surface area contributed by atoms with E-state index in [1.165, 1.54) is 10.5 Å². The van der Waals surface area contributed by atoms with Gasteiger partial charge in [-0.25, -0.2) is 0 Å². The molecule has 14 heavy (non-hydrogen) atoms. The van der Waals surface area contributed by atoms with E-state index in [4.69, 9.17) is 0 Å². The molecule has 1 unspecified atom stereocenters. The van der Waals surface area contributed by atoms with Gasteiger partial charge in [-0.2, -0.15) is 0 Å². The Kier molecular flexibility index (Phi) is 5.70. The van der Waals surface area contributed by atoms with E-state index in [1.807, 2.05) is 29.7 Å². The van der Waals surface area contributed by atoms with Gasteiger partial charge >= 0.3 is 92.9 Å². The maximum Gasteiger partial charge on any atom is -1.00 e. The summed E-state index contributed by atoms with van der Waals surface area (Å²) in [6.07, 6.45) is 4.04. The van der Waals surface area contributed by atoms with E-state index < -0.39 is 0 Å². The van der Waals surface area contributed by atoms with Crippen molar-refractivity contribution < 1.29 is 21.5 Å². The van der Waals surface area contributed by atoms with Crippen molar-refractivity contribution in [1.82, 2.24) is 4.98 Å². The van der Waals surface area contributed by atoms with Gasteiger partial charge < -0.3 is 17.0 Å². The molecular formula is C8H11BrN2S2Se. The Morgan fingerprint density at radius 2 is 2.57 bits per heavy atom.